The standard InChI is InChI=1S/C10H18N2O3/c1-10(2,13-3)4-5-14-9-12-8(6-11)7-15-9/h7H,4-6,11H2,1-3H3. The highest BCUT2D eigenvalue weighted by molar-refractivity contribution is 4.98. The van der Waals surface area contributed by atoms with E-state index < -0.39 is 0 Å². The molecule has 0 aromatic carbocycles. The molecule has 0 radical (unpaired) electrons. The fraction of sp³-hybridized carbons (Fsp3) is 0.700. The van der Waals surface area contributed by atoms with Gasteiger partial charge in [-0.3, -0.25) is 0 Å². The molecule has 86 valence electrons. The molecule has 1 heterocycles. The molecule has 0 amide bonds. The van der Waals surface area contributed by atoms with E-state index in [2.05, 4.69) is 4.98 Å². The maximum Gasteiger partial charge on any atom is 0.393 e. The minimum absolute atomic E-state index is 0.191. The number of methoxy groups -OCH3 is 1. The van der Waals surface area contributed by atoms with Crippen LogP contribution in [0.25, 0.3) is 0 Å². The van der Waals surface area contributed by atoms with Crippen LogP contribution in [0.2, 0.25) is 0 Å². The van der Waals surface area contributed by atoms with Gasteiger partial charge in [0.05, 0.1) is 17.9 Å². The van der Waals surface area contributed by atoms with E-state index in [-0.39, 0.29) is 11.7 Å². The molecule has 15 heavy (non-hydrogen) atoms. The molecule has 0 saturated heterocycles. The van der Waals surface area contributed by atoms with E-state index >= 15 is 0 Å². The van der Waals surface area contributed by atoms with Gasteiger partial charge in [0.2, 0.25) is 0 Å². The second kappa shape index (κ2) is 5.14. The van der Waals surface area contributed by atoms with Gasteiger partial charge in [0, 0.05) is 20.1 Å². The average Bonchev–Trinajstić information content (AvgIpc) is 2.66. The van der Waals surface area contributed by atoms with Crippen LogP contribution in [0.1, 0.15) is 26.0 Å². The number of nitrogens with two attached hydrogens (primary N) is 1. The number of oxazole rings is 1. The molecule has 0 saturated carbocycles. The molecule has 1 aromatic rings. The van der Waals surface area contributed by atoms with Crippen molar-refractivity contribution in [3.63, 3.8) is 0 Å². The third kappa shape index (κ3) is 3.89. The number of ether oxygens (including phenoxy) is 2. The summed E-state index contributed by atoms with van der Waals surface area (Å²) in [4.78, 5) is 4.02. The quantitative estimate of drug-likeness (QED) is 0.773. The van der Waals surface area contributed by atoms with Crippen LogP contribution >= 0.6 is 0 Å². The van der Waals surface area contributed by atoms with E-state index in [0.717, 1.165) is 6.42 Å². The summed E-state index contributed by atoms with van der Waals surface area (Å²) in [6.45, 7) is 4.86. The minimum Gasteiger partial charge on any atom is -0.450 e. The van der Waals surface area contributed by atoms with Crippen molar-refractivity contribution in [3.05, 3.63) is 12.0 Å². The highest BCUT2D eigenvalue weighted by Crippen LogP contribution is 2.15. The van der Waals surface area contributed by atoms with Crippen molar-refractivity contribution >= 4 is 0 Å². The topological polar surface area (TPSA) is 70.5 Å². The Hall–Kier alpha value is -1.07. The van der Waals surface area contributed by atoms with Crippen LogP contribution in [0.4, 0.5) is 0 Å². The molecule has 0 atom stereocenters. The molecule has 2 N–H and O–H groups in total. The normalized spacial score (nSPS) is 11.7. The van der Waals surface area contributed by atoms with Crippen molar-refractivity contribution < 1.29 is 13.9 Å². The second-order valence-corrected chi connectivity index (χ2v) is 3.87. The van der Waals surface area contributed by atoms with E-state index in [1.165, 1.54) is 6.26 Å². The molecule has 0 fully saturated rings. The Balaban J connectivity index is 2.31. The van der Waals surface area contributed by atoms with Crippen molar-refractivity contribution in [2.75, 3.05) is 13.7 Å². The first-order valence-electron chi connectivity index (χ1n) is 4.90. The van der Waals surface area contributed by atoms with Crippen LogP contribution in [0, 0.1) is 0 Å². The number of hydrogen-bond donors (Lipinski definition) is 1. The van der Waals surface area contributed by atoms with Crippen molar-refractivity contribution in [1.29, 1.82) is 0 Å². The number of hydrogen-bond acceptors (Lipinski definition) is 5. The summed E-state index contributed by atoms with van der Waals surface area (Å²) < 4.78 is 15.6. The summed E-state index contributed by atoms with van der Waals surface area (Å²) in [7, 11) is 1.68. The largest absolute Gasteiger partial charge is 0.450 e. The zero-order valence-electron chi connectivity index (χ0n) is 9.45. The number of rotatable bonds is 6. The number of aromatic nitrogens is 1. The van der Waals surface area contributed by atoms with Gasteiger partial charge in [-0.15, -0.1) is 0 Å². The monoisotopic (exact) mass is 214 g/mol. The molecule has 0 bridgehead atoms. The van der Waals surface area contributed by atoms with Crippen molar-refractivity contribution in [2.24, 2.45) is 5.73 Å². The fourth-order valence-electron chi connectivity index (χ4n) is 0.935. The van der Waals surface area contributed by atoms with Crippen molar-refractivity contribution in [1.82, 2.24) is 4.98 Å². The Bertz CT molecular complexity index is 297. The molecule has 0 aliphatic carbocycles. The van der Waals surface area contributed by atoms with Crippen molar-refractivity contribution in [3.8, 4) is 6.08 Å². The molecule has 5 heteroatoms. The first kappa shape index (κ1) is 12.0. The molecule has 0 aliphatic heterocycles. The van der Waals surface area contributed by atoms with Gasteiger partial charge < -0.3 is 19.6 Å². The van der Waals surface area contributed by atoms with E-state index in [9.17, 15) is 0 Å². The van der Waals surface area contributed by atoms with Gasteiger partial charge in [-0.05, 0) is 13.8 Å². The zero-order chi connectivity index (χ0) is 11.3. The summed E-state index contributed by atoms with van der Waals surface area (Å²) in [5.41, 5.74) is 5.88. The van der Waals surface area contributed by atoms with Gasteiger partial charge in [-0.25, -0.2) is 0 Å². The third-order valence-electron chi connectivity index (χ3n) is 2.22. The smallest absolute Gasteiger partial charge is 0.393 e. The molecule has 0 aliphatic rings. The summed E-state index contributed by atoms with van der Waals surface area (Å²) in [5.74, 6) is 0. The van der Waals surface area contributed by atoms with Crippen LogP contribution in [-0.2, 0) is 11.3 Å². The molecular formula is C10H18N2O3. The summed E-state index contributed by atoms with van der Waals surface area (Å²) in [5, 5.41) is 0. The number of nitrogens with zero attached hydrogens (tertiary/aromatic N) is 1. The predicted molar refractivity (Wildman–Crippen MR) is 55.6 cm³/mol. The van der Waals surface area contributed by atoms with E-state index in [1.807, 2.05) is 13.8 Å². The van der Waals surface area contributed by atoms with Gasteiger partial charge in [0.15, 0.2) is 0 Å². The maximum atomic E-state index is 5.38. The molecule has 1 aromatic heterocycles. The third-order valence-corrected chi connectivity index (χ3v) is 2.22. The first-order chi connectivity index (χ1) is 7.07. The van der Waals surface area contributed by atoms with Crippen molar-refractivity contribution in [2.45, 2.75) is 32.4 Å². The lowest BCUT2D eigenvalue weighted by Gasteiger charge is -2.21. The fourth-order valence-corrected chi connectivity index (χ4v) is 0.935. The van der Waals surface area contributed by atoms with E-state index in [1.54, 1.807) is 7.11 Å². The Morgan fingerprint density at radius 2 is 2.27 bits per heavy atom. The Morgan fingerprint density at radius 3 is 2.80 bits per heavy atom. The van der Waals surface area contributed by atoms with Crippen LogP contribution in [0.15, 0.2) is 10.7 Å². The van der Waals surface area contributed by atoms with Gasteiger partial charge in [0.1, 0.15) is 6.26 Å². The van der Waals surface area contributed by atoms with E-state index in [0.29, 0.717) is 18.8 Å². The predicted octanol–water partition coefficient (Wildman–Crippen LogP) is 1.33. The zero-order valence-corrected chi connectivity index (χ0v) is 9.45. The van der Waals surface area contributed by atoms with Crippen LogP contribution in [0.5, 0.6) is 6.08 Å². The first-order valence-corrected chi connectivity index (χ1v) is 4.90. The molecule has 5 nitrogen and oxygen atoms in total. The van der Waals surface area contributed by atoms with Gasteiger partial charge in [-0.2, -0.15) is 4.98 Å². The van der Waals surface area contributed by atoms with Gasteiger partial charge in [-0.1, -0.05) is 0 Å². The molecular weight excluding hydrogens is 196 g/mol. The molecule has 1 rings (SSSR count). The lowest BCUT2D eigenvalue weighted by atomic mass is 10.1. The van der Waals surface area contributed by atoms with Gasteiger partial charge >= 0.3 is 6.08 Å². The highest BCUT2D eigenvalue weighted by atomic mass is 16.6. The minimum atomic E-state index is -0.191. The van der Waals surface area contributed by atoms with Gasteiger partial charge in [0.25, 0.3) is 0 Å². The SMILES string of the molecule is COC(C)(C)CCOc1nc(CN)co1. The summed E-state index contributed by atoms with van der Waals surface area (Å²) >= 11 is 0. The second-order valence-electron chi connectivity index (χ2n) is 3.87. The van der Waals surface area contributed by atoms with Crippen LogP contribution in [-0.4, -0.2) is 24.3 Å². The Morgan fingerprint density at radius 1 is 1.53 bits per heavy atom. The Labute approximate surface area is 89.6 Å². The van der Waals surface area contributed by atoms with Crippen LogP contribution < -0.4 is 10.5 Å². The lowest BCUT2D eigenvalue weighted by Crippen LogP contribution is -2.25. The summed E-state index contributed by atoms with van der Waals surface area (Å²) in [6, 6.07) is 0. The van der Waals surface area contributed by atoms with E-state index in [4.69, 9.17) is 19.6 Å². The Kier molecular flexibility index (Phi) is 4.11. The molecule has 0 spiro atoms. The summed E-state index contributed by atoms with van der Waals surface area (Å²) in [6.07, 6.45) is 2.53. The molecule has 0 unspecified atom stereocenters. The average molecular weight is 214 g/mol. The lowest BCUT2D eigenvalue weighted by molar-refractivity contribution is 0.00291. The van der Waals surface area contributed by atoms with Crippen LogP contribution in [0.3, 0.4) is 0 Å². The maximum absolute atomic E-state index is 5.38. The highest BCUT2D eigenvalue weighted by Gasteiger charge is 2.16.